The van der Waals surface area contributed by atoms with Crippen molar-refractivity contribution in [2.24, 2.45) is 5.92 Å². The summed E-state index contributed by atoms with van der Waals surface area (Å²) in [6.07, 6.45) is 4.43. The fraction of sp³-hybridized carbons (Fsp3) is 0.474. The molecule has 0 saturated heterocycles. The summed E-state index contributed by atoms with van der Waals surface area (Å²) in [5.74, 6) is 0.647. The maximum Gasteiger partial charge on any atom is 0.223 e. The molecule has 1 amide bonds. The van der Waals surface area contributed by atoms with Crippen LogP contribution < -0.4 is 0 Å². The number of rotatable bonds is 3. The third kappa shape index (κ3) is 2.96. The zero-order valence-corrected chi connectivity index (χ0v) is 14.0. The smallest absolute Gasteiger partial charge is 0.223 e. The van der Waals surface area contributed by atoms with Gasteiger partial charge in [0.1, 0.15) is 0 Å². The second-order valence-electron chi connectivity index (χ2n) is 6.88. The van der Waals surface area contributed by atoms with Gasteiger partial charge in [0.15, 0.2) is 0 Å². The first-order valence-electron chi connectivity index (χ1n) is 8.61. The van der Waals surface area contributed by atoms with Crippen LogP contribution in [0.5, 0.6) is 0 Å². The van der Waals surface area contributed by atoms with Crippen LogP contribution in [-0.2, 0) is 35.5 Å². The number of aromatic nitrogens is 2. The highest BCUT2D eigenvalue weighted by Crippen LogP contribution is 2.29. The van der Waals surface area contributed by atoms with Gasteiger partial charge in [0, 0.05) is 26.3 Å². The summed E-state index contributed by atoms with van der Waals surface area (Å²) in [4.78, 5) is 14.8. The molecule has 2 aliphatic rings. The molecule has 1 aliphatic heterocycles. The lowest BCUT2D eigenvalue weighted by Crippen LogP contribution is -2.37. The third-order valence-corrected chi connectivity index (χ3v) is 5.24. The van der Waals surface area contributed by atoms with Crippen LogP contribution in [0, 0.1) is 5.92 Å². The van der Waals surface area contributed by atoms with Gasteiger partial charge < -0.3 is 9.64 Å². The number of carbonyl (C=O) groups is 1. The minimum Gasteiger partial charge on any atom is -0.378 e. The van der Waals surface area contributed by atoms with Gasteiger partial charge in [-0.3, -0.25) is 9.48 Å². The van der Waals surface area contributed by atoms with Crippen LogP contribution in [0.15, 0.2) is 36.5 Å². The third-order valence-electron chi connectivity index (χ3n) is 5.24. The number of hydrogen-bond acceptors (Lipinski definition) is 3. The summed E-state index contributed by atoms with van der Waals surface area (Å²) in [5.41, 5.74) is 3.88. The van der Waals surface area contributed by atoms with Crippen molar-refractivity contribution >= 4 is 5.91 Å². The zero-order chi connectivity index (χ0) is 16.5. The molecule has 5 heteroatoms. The molecule has 1 atom stereocenters. The van der Waals surface area contributed by atoms with Gasteiger partial charge >= 0.3 is 0 Å². The molecule has 1 aromatic carbocycles. The zero-order valence-electron chi connectivity index (χ0n) is 14.0. The lowest BCUT2D eigenvalue weighted by atomic mass is 10.0. The molecule has 0 unspecified atom stereocenters. The van der Waals surface area contributed by atoms with E-state index in [1.165, 1.54) is 11.1 Å². The number of hydrogen-bond donors (Lipinski definition) is 0. The van der Waals surface area contributed by atoms with Gasteiger partial charge in [0.2, 0.25) is 5.91 Å². The molecule has 2 heterocycles. The van der Waals surface area contributed by atoms with E-state index >= 15 is 0 Å². The lowest BCUT2D eigenvalue weighted by molar-refractivity contribution is -0.134. The molecule has 0 N–H and O–H groups in total. The van der Waals surface area contributed by atoms with E-state index < -0.39 is 0 Å². The lowest BCUT2D eigenvalue weighted by Gasteiger charge is -2.24. The molecular weight excluding hydrogens is 302 g/mol. The number of nitrogens with zero attached hydrogens (tertiary/aromatic N) is 3. The van der Waals surface area contributed by atoms with Crippen LogP contribution in [0.25, 0.3) is 0 Å². The van der Waals surface area contributed by atoms with Gasteiger partial charge in [-0.2, -0.15) is 5.10 Å². The largest absolute Gasteiger partial charge is 0.378 e. The second-order valence-corrected chi connectivity index (χ2v) is 6.88. The summed E-state index contributed by atoms with van der Waals surface area (Å²) in [6.45, 7) is 1.97. The maximum absolute atomic E-state index is 12.9. The number of carbonyl (C=O) groups excluding carboxylic acids is 1. The van der Waals surface area contributed by atoms with Crippen molar-refractivity contribution in [1.82, 2.24) is 14.7 Å². The predicted octanol–water partition coefficient (Wildman–Crippen LogP) is 2.05. The Morgan fingerprint density at radius 3 is 2.67 bits per heavy atom. The Morgan fingerprint density at radius 1 is 1.21 bits per heavy atom. The first-order valence-corrected chi connectivity index (χ1v) is 8.61. The molecule has 0 radical (unpaired) electrons. The Labute approximate surface area is 142 Å². The van der Waals surface area contributed by atoms with Gasteiger partial charge in [0.25, 0.3) is 0 Å². The molecule has 126 valence electrons. The summed E-state index contributed by atoms with van der Waals surface area (Å²) in [7, 11) is 1.70. The number of amides is 1. The Kier molecular flexibility index (Phi) is 4.10. The molecule has 0 bridgehead atoms. The molecule has 4 rings (SSSR count). The van der Waals surface area contributed by atoms with Crippen molar-refractivity contribution in [2.45, 2.75) is 38.5 Å². The molecule has 5 nitrogen and oxygen atoms in total. The SMILES string of the molecule is CO[C@H]1CN(C(=O)CC2Cc3ccccc3C2)Cc2ccnn2C1. The average molecular weight is 325 g/mol. The summed E-state index contributed by atoms with van der Waals surface area (Å²) in [5, 5.41) is 4.34. The average Bonchev–Trinajstić information content (AvgIpc) is 3.15. The number of ether oxygens (including phenoxy) is 1. The Bertz CT molecular complexity index is 715. The Balaban J connectivity index is 1.45. The van der Waals surface area contributed by atoms with E-state index in [-0.39, 0.29) is 12.0 Å². The quantitative estimate of drug-likeness (QED) is 0.868. The van der Waals surface area contributed by atoms with Crippen molar-refractivity contribution in [3.05, 3.63) is 53.3 Å². The Morgan fingerprint density at radius 2 is 1.96 bits per heavy atom. The van der Waals surface area contributed by atoms with Gasteiger partial charge in [-0.15, -0.1) is 0 Å². The van der Waals surface area contributed by atoms with Crippen LogP contribution in [0.4, 0.5) is 0 Å². The monoisotopic (exact) mass is 325 g/mol. The van der Waals surface area contributed by atoms with E-state index in [9.17, 15) is 4.79 Å². The van der Waals surface area contributed by atoms with Gasteiger partial charge in [0.05, 0.1) is 24.9 Å². The van der Waals surface area contributed by atoms with Crippen LogP contribution in [0.1, 0.15) is 23.2 Å². The molecular formula is C19H23N3O2. The second kappa shape index (κ2) is 6.40. The van der Waals surface area contributed by atoms with E-state index in [4.69, 9.17) is 4.74 Å². The van der Waals surface area contributed by atoms with E-state index in [2.05, 4.69) is 29.4 Å². The highest BCUT2D eigenvalue weighted by atomic mass is 16.5. The molecule has 0 saturated carbocycles. The van der Waals surface area contributed by atoms with E-state index in [0.29, 0.717) is 32.0 Å². The summed E-state index contributed by atoms with van der Waals surface area (Å²) < 4.78 is 7.49. The van der Waals surface area contributed by atoms with Crippen molar-refractivity contribution < 1.29 is 9.53 Å². The molecule has 2 aromatic rings. The highest BCUT2D eigenvalue weighted by Gasteiger charge is 2.29. The minimum absolute atomic E-state index is 0.00382. The van der Waals surface area contributed by atoms with E-state index in [0.717, 1.165) is 18.5 Å². The van der Waals surface area contributed by atoms with Crippen LogP contribution in [0.2, 0.25) is 0 Å². The molecule has 1 aromatic heterocycles. The van der Waals surface area contributed by atoms with Gasteiger partial charge in [-0.1, -0.05) is 24.3 Å². The predicted molar refractivity (Wildman–Crippen MR) is 90.4 cm³/mol. The minimum atomic E-state index is -0.00382. The highest BCUT2D eigenvalue weighted by molar-refractivity contribution is 5.76. The topological polar surface area (TPSA) is 47.4 Å². The standard InChI is InChI=1S/C19H23N3O2/c1-24-18-12-21(11-17-6-7-20-22(17)13-18)19(23)10-14-8-15-4-2-3-5-16(15)9-14/h2-7,14,18H,8-13H2,1H3/t18-/m0/s1. The van der Waals surface area contributed by atoms with Crippen molar-refractivity contribution in [3.8, 4) is 0 Å². The molecule has 1 aliphatic carbocycles. The fourth-order valence-electron chi connectivity index (χ4n) is 3.92. The maximum atomic E-state index is 12.9. The molecule has 0 spiro atoms. The van der Waals surface area contributed by atoms with E-state index in [1.54, 1.807) is 13.3 Å². The van der Waals surface area contributed by atoms with E-state index in [1.807, 2.05) is 15.6 Å². The van der Waals surface area contributed by atoms with Crippen molar-refractivity contribution in [1.29, 1.82) is 0 Å². The van der Waals surface area contributed by atoms with Crippen molar-refractivity contribution in [2.75, 3.05) is 13.7 Å². The van der Waals surface area contributed by atoms with Crippen LogP contribution >= 0.6 is 0 Å². The van der Waals surface area contributed by atoms with Crippen LogP contribution in [-0.4, -0.2) is 40.3 Å². The Hall–Kier alpha value is -2.14. The fourth-order valence-corrected chi connectivity index (χ4v) is 3.92. The molecule has 0 fully saturated rings. The first-order chi connectivity index (χ1) is 11.7. The van der Waals surface area contributed by atoms with Gasteiger partial charge in [-0.25, -0.2) is 0 Å². The number of benzene rings is 1. The molecule has 24 heavy (non-hydrogen) atoms. The summed E-state index contributed by atoms with van der Waals surface area (Å²) >= 11 is 0. The van der Waals surface area contributed by atoms with Gasteiger partial charge in [-0.05, 0) is 36.0 Å². The first kappa shape index (κ1) is 15.4. The normalized spacial score (nSPS) is 20.5. The number of methoxy groups -OCH3 is 1. The van der Waals surface area contributed by atoms with Crippen molar-refractivity contribution in [3.63, 3.8) is 0 Å². The number of fused-ring (bicyclic) bond motifs is 2. The van der Waals surface area contributed by atoms with Crippen LogP contribution in [0.3, 0.4) is 0 Å². The summed E-state index contributed by atoms with van der Waals surface area (Å²) in [6, 6.07) is 10.5.